The average molecular weight is 257 g/mol. The van der Waals surface area contributed by atoms with E-state index in [-0.39, 0.29) is 5.75 Å². The summed E-state index contributed by atoms with van der Waals surface area (Å²) in [5.41, 5.74) is 1.76. The molecule has 0 saturated carbocycles. The average Bonchev–Trinajstić information content (AvgIpc) is 2.42. The number of aldehydes is 2. The third kappa shape index (κ3) is 2.80. The summed E-state index contributed by atoms with van der Waals surface area (Å²) in [5, 5.41) is 9.32. The maximum absolute atomic E-state index is 10.9. The Hall–Kier alpha value is -2.62. The van der Waals surface area contributed by atoms with Gasteiger partial charge in [-0.05, 0) is 42.8 Å². The third-order valence-electron chi connectivity index (χ3n) is 2.74. The number of hydrogen-bond donors (Lipinski definition) is 1. The van der Waals surface area contributed by atoms with Crippen molar-refractivity contribution in [3.63, 3.8) is 0 Å². The van der Waals surface area contributed by atoms with Crippen LogP contribution in [0.2, 0.25) is 0 Å². The molecule has 4 nitrogen and oxygen atoms in total. The molecule has 0 unspecified atom stereocenters. The summed E-state index contributed by atoms with van der Waals surface area (Å²) >= 11 is 0. The van der Waals surface area contributed by atoms with E-state index in [0.29, 0.717) is 22.6 Å². The highest BCUT2D eigenvalue weighted by atomic mass is 16.5. The summed E-state index contributed by atoms with van der Waals surface area (Å²) in [6.07, 6.45) is 1.61. The molecule has 2 aromatic rings. The van der Waals surface area contributed by atoms with Gasteiger partial charge >= 0.3 is 6.29 Å². The lowest BCUT2D eigenvalue weighted by atomic mass is 10.1. The zero-order valence-electron chi connectivity index (χ0n) is 10.3. The number of hydrogen-bond acceptors (Lipinski definition) is 3. The van der Waals surface area contributed by atoms with Crippen LogP contribution >= 0.6 is 0 Å². The molecule has 2 rings (SSSR count). The smallest absolute Gasteiger partial charge is 0.316 e. The first-order chi connectivity index (χ1) is 9.13. The Morgan fingerprint density at radius 1 is 1.16 bits per heavy atom. The van der Waals surface area contributed by atoms with Gasteiger partial charge in [-0.2, -0.15) is 0 Å². The van der Waals surface area contributed by atoms with Gasteiger partial charge in [0, 0.05) is 5.56 Å². The fourth-order valence-corrected chi connectivity index (χ4v) is 1.67. The molecule has 0 radical (unpaired) electrons. The van der Waals surface area contributed by atoms with Gasteiger partial charge < -0.3 is 9.84 Å². The molecule has 0 spiro atoms. The molecule has 0 aliphatic rings. The second-order valence-corrected chi connectivity index (χ2v) is 4.09. The number of aryl methyl sites for hydroxylation is 1. The molecule has 96 valence electrons. The number of phenols is 1. The fourth-order valence-electron chi connectivity index (χ4n) is 1.67. The molecule has 0 atom stereocenters. The van der Waals surface area contributed by atoms with E-state index in [0.717, 1.165) is 18.1 Å². The molecule has 4 heteroatoms. The van der Waals surface area contributed by atoms with Crippen LogP contribution in [0.5, 0.6) is 17.2 Å². The van der Waals surface area contributed by atoms with Crippen molar-refractivity contribution in [1.82, 2.24) is 0 Å². The summed E-state index contributed by atoms with van der Waals surface area (Å²) in [5.74, 6) is 0.910. The van der Waals surface area contributed by atoms with Gasteiger partial charge in [0.05, 0.1) is 0 Å². The molecule has 2 N–H and O–H groups in total. The fraction of sp³-hybridized carbons (Fsp3) is 0.0667. The van der Waals surface area contributed by atoms with Crippen molar-refractivity contribution in [2.45, 2.75) is 6.92 Å². The summed E-state index contributed by atoms with van der Waals surface area (Å²) in [4.78, 5) is 20.0. The highest BCUT2D eigenvalue weighted by molar-refractivity contribution is 5.81. The molecule has 0 saturated heterocycles. The first kappa shape index (κ1) is 12.8. The first-order valence-electron chi connectivity index (χ1n) is 5.68. The Bertz CT molecular complexity index is 632. The van der Waals surface area contributed by atoms with Crippen molar-refractivity contribution in [1.29, 1.82) is 0 Å². The molecule has 19 heavy (non-hydrogen) atoms. The minimum absolute atomic E-state index is 0.0325. The van der Waals surface area contributed by atoms with Gasteiger partial charge in [-0.3, -0.25) is 9.59 Å². The van der Waals surface area contributed by atoms with Gasteiger partial charge in [0.15, 0.2) is 0 Å². The second kappa shape index (κ2) is 5.35. The van der Waals surface area contributed by atoms with Gasteiger partial charge in [0.1, 0.15) is 29.1 Å². The molecule has 0 aromatic heterocycles. The van der Waals surface area contributed by atoms with Crippen LogP contribution < -0.4 is 4.74 Å². The Labute approximate surface area is 110 Å². The monoisotopic (exact) mass is 257 g/mol. The maximum Gasteiger partial charge on any atom is 0.316 e. The number of carbonyl (C=O) groups is 1. The van der Waals surface area contributed by atoms with Crippen LogP contribution in [0.3, 0.4) is 0 Å². The van der Waals surface area contributed by atoms with E-state index in [2.05, 4.69) is 0 Å². The predicted octanol–water partition coefficient (Wildman–Crippen LogP) is 2.83. The molecular weight excluding hydrogens is 244 g/mol. The van der Waals surface area contributed by atoms with Crippen LogP contribution in [0.4, 0.5) is 0 Å². The molecule has 0 bridgehead atoms. The molecule has 0 amide bonds. The van der Waals surface area contributed by atoms with Crippen molar-refractivity contribution in [2.75, 3.05) is 0 Å². The van der Waals surface area contributed by atoms with E-state index in [9.17, 15) is 9.90 Å². The quantitative estimate of drug-likeness (QED) is 0.676. The Morgan fingerprint density at radius 2 is 1.95 bits per heavy atom. The first-order valence-corrected chi connectivity index (χ1v) is 5.68. The van der Waals surface area contributed by atoms with Gasteiger partial charge in [0.2, 0.25) is 0 Å². The number of benzene rings is 2. The minimum atomic E-state index is 0.0325. The molecule has 0 heterocycles. The lowest BCUT2D eigenvalue weighted by molar-refractivity contribution is 0.112. The van der Waals surface area contributed by atoms with Gasteiger partial charge in [-0.15, -0.1) is 0 Å². The Kier molecular flexibility index (Phi) is 3.61. The van der Waals surface area contributed by atoms with Gasteiger partial charge in [-0.1, -0.05) is 6.07 Å². The number of rotatable bonds is 4. The lowest BCUT2D eigenvalue weighted by Gasteiger charge is -2.08. The van der Waals surface area contributed by atoms with Crippen LogP contribution in [0.15, 0.2) is 36.4 Å². The second-order valence-electron chi connectivity index (χ2n) is 4.09. The molecule has 0 aliphatic carbocycles. The minimum Gasteiger partial charge on any atom is -0.508 e. The van der Waals surface area contributed by atoms with Crippen molar-refractivity contribution in [3.05, 3.63) is 53.1 Å². The zero-order chi connectivity index (χ0) is 13.8. The van der Waals surface area contributed by atoms with E-state index >= 15 is 0 Å². The molecule has 2 aromatic carbocycles. The van der Waals surface area contributed by atoms with Crippen LogP contribution in [0.1, 0.15) is 21.5 Å². The highest BCUT2D eigenvalue weighted by Crippen LogP contribution is 2.28. The van der Waals surface area contributed by atoms with Crippen molar-refractivity contribution in [2.24, 2.45) is 0 Å². The summed E-state index contributed by atoms with van der Waals surface area (Å²) in [6, 6.07) is 9.51. The topological polar surface area (TPSA) is 67.9 Å². The third-order valence-corrected chi connectivity index (χ3v) is 2.74. The molecular formula is C15H13O4+. The maximum atomic E-state index is 10.9. The van der Waals surface area contributed by atoms with E-state index in [1.54, 1.807) is 18.2 Å². The normalized spacial score (nSPS) is 9.95. The SMILES string of the molecule is Cc1ccc(Oc2ccc(O)cc2C=[OH+])cc1C=O. The summed E-state index contributed by atoms with van der Waals surface area (Å²) in [6.45, 7) is 1.83. The van der Waals surface area contributed by atoms with Crippen molar-refractivity contribution in [3.8, 4) is 17.2 Å². The lowest BCUT2D eigenvalue weighted by Crippen LogP contribution is -1.93. The van der Waals surface area contributed by atoms with Crippen LogP contribution in [-0.2, 0) is 0 Å². The highest BCUT2D eigenvalue weighted by Gasteiger charge is 2.09. The predicted molar refractivity (Wildman–Crippen MR) is 71.8 cm³/mol. The number of carbonyl (C=O) groups excluding carboxylic acids is 2. The van der Waals surface area contributed by atoms with Crippen molar-refractivity contribution >= 4 is 12.6 Å². The van der Waals surface area contributed by atoms with E-state index in [1.165, 1.54) is 18.2 Å². The number of ether oxygens (including phenoxy) is 1. The standard InChI is InChI=1S/C15H12O4/c1-10-2-4-14(7-11(10)8-16)19-15-5-3-13(18)6-12(15)9-17/h2-9,18H,1H3/p+1. The van der Waals surface area contributed by atoms with Crippen LogP contribution in [-0.4, -0.2) is 22.5 Å². The summed E-state index contributed by atoms with van der Waals surface area (Å²) in [7, 11) is 0. The Morgan fingerprint density at radius 3 is 2.63 bits per heavy atom. The zero-order valence-corrected chi connectivity index (χ0v) is 10.3. The molecule has 0 fully saturated rings. The van der Waals surface area contributed by atoms with Crippen LogP contribution in [0.25, 0.3) is 0 Å². The van der Waals surface area contributed by atoms with Gasteiger partial charge in [0.25, 0.3) is 0 Å². The van der Waals surface area contributed by atoms with Gasteiger partial charge in [-0.25, -0.2) is 0 Å². The number of aromatic hydroxyl groups is 1. The summed E-state index contributed by atoms with van der Waals surface area (Å²) < 4.78 is 5.59. The van der Waals surface area contributed by atoms with E-state index in [4.69, 9.17) is 9.53 Å². The van der Waals surface area contributed by atoms with E-state index < -0.39 is 0 Å². The van der Waals surface area contributed by atoms with E-state index in [1.807, 2.05) is 6.92 Å². The number of phenolic OH excluding ortho intramolecular Hbond substituents is 1. The van der Waals surface area contributed by atoms with Crippen molar-refractivity contribution < 1.29 is 19.4 Å². The largest absolute Gasteiger partial charge is 0.508 e. The molecule has 0 aliphatic heterocycles. The Balaban J connectivity index is 2.36. The van der Waals surface area contributed by atoms with Crippen LogP contribution in [0, 0.1) is 6.92 Å².